The summed E-state index contributed by atoms with van der Waals surface area (Å²) in [5.74, 6) is -0.211. The molecule has 0 N–H and O–H groups in total. The molecular formula is C4H8NaO2. The van der Waals surface area contributed by atoms with Crippen molar-refractivity contribution in [3.8, 4) is 0 Å². The molecule has 0 aliphatic rings. The molecule has 0 aromatic rings. The molecule has 0 rings (SSSR count). The third kappa shape index (κ3) is 10.7. The van der Waals surface area contributed by atoms with E-state index in [0.717, 1.165) is 0 Å². The van der Waals surface area contributed by atoms with Gasteiger partial charge in [-0.15, -0.1) is 0 Å². The first-order valence-corrected chi connectivity index (χ1v) is 1.90. The molecule has 0 bridgehead atoms. The van der Waals surface area contributed by atoms with Crippen LogP contribution in [0.15, 0.2) is 0 Å². The summed E-state index contributed by atoms with van der Waals surface area (Å²) in [6.07, 6.45) is 0. The van der Waals surface area contributed by atoms with Crippen LogP contribution in [0, 0.1) is 0 Å². The largest absolute Gasteiger partial charge is 0.466 e. The molecule has 0 aromatic carbocycles. The van der Waals surface area contributed by atoms with Crippen LogP contribution in [0.3, 0.4) is 0 Å². The van der Waals surface area contributed by atoms with E-state index in [1.54, 1.807) is 6.92 Å². The molecular weight excluding hydrogens is 103 g/mol. The zero-order valence-electron chi connectivity index (χ0n) is 5.02. The standard InChI is InChI=1S/C4H8O2.Na/c1-3-6-4(2)5;/h3H2,1-2H3;. The molecule has 7 heavy (non-hydrogen) atoms. The molecule has 0 amide bonds. The SMILES string of the molecule is CCOC(C)=O.[Na]. The van der Waals surface area contributed by atoms with Crippen molar-refractivity contribution in [2.24, 2.45) is 0 Å². The number of ether oxygens (including phenoxy) is 1. The average molecular weight is 111 g/mol. The van der Waals surface area contributed by atoms with E-state index in [9.17, 15) is 4.79 Å². The predicted octanol–water partition coefficient (Wildman–Crippen LogP) is 0.189. The van der Waals surface area contributed by atoms with Gasteiger partial charge < -0.3 is 4.74 Å². The molecule has 0 aliphatic heterocycles. The summed E-state index contributed by atoms with van der Waals surface area (Å²) in [5.41, 5.74) is 0. The van der Waals surface area contributed by atoms with Crippen molar-refractivity contribution in [2.45, 2.75) is 13.8 Å². The zero-order valence-corrected chi connectivity index (χ0v) is 7.02. The number of carbonyl (C=O) groups excluding carboxylic acids is 1. The van der Waals surface area contributed by atoms with Crippen LogP contribution in [0.4, 0.5) is 0 Å². The van der Waals surface area contributed by atoms with Crippen LogP contribution >= 0.6 is 0 Å². The fourth-order valence-corrected chi connectivity index (χ4v) is 0.203. The first-order valence-electron chi connectivity index (χ1n) is 1.90. The van der Waals surface area contributed by atoms with Gasteiger partial charge in [0.15, 0.2) is 0 Å². The first-order chi connectivity index (χ1) is 2.77. The molecule has 0 fully saturated rings. The van der Waals surface area contributed by atoms with Crippen molar-refractivity contribution < 1.29 is 9.53 Å². The second-order valence-electron chi connectivity index (χ2n) is 0.925. The van der Waals surface area contributed by atoms with E-state index in [4.69, 9.17) is 0 Å². The van der Waals surface area contributed by atoms with Crippen LogP contribution in [0.2, 0.25) is 0 Å². The molecule has 0 aromatic heterocycles. The summed E-state index contributed by atoms with van der Waals surface area (Å²) in [5, 5.41) is 0. The van der Waals surface area contributed by atoms with E-state index in [-0.39, 0.29) is 35.5 Å². The van der Waals surface area contributed by atoms with Crippen LogP contribution in [0.25, 0.3) is 0 Å². The summed E-state index contributed by atoms with van der Waals surface area (Å²) < 4.78 is 4.40. The minimum Gasteiger partial charge on any atom is -0.466 e. The topological polar surface area (TPSA) is 26.3 Å². The van der Waals surface area contributed by atoms with Crippen molar-refractivity contribution >= 4 is 35.5 Å². The number of esters is 1. The second kappa shape index (κ2) is 6.47. The Morgan fingerprint density at radius 2 is 2.14 bits per heavy atom. The van der Waals surface area contributed by atoms with Crippen molar-refractivity contribution in [2.75, 3.05) is 6.61 Å². The van der Waals surface area contributed by atoms with Crippen molar-refractivity contribution in [3.63, 3.8) is 0 Å². The quantitative estimate of drug-likeness (QED) is 0.356. The van der Waals surface area contributed by atoms with E-state index in [1.165, 1.54) is 6.92 Å². The molecule has 1 radical (unpaired) electrons. The minimum atomic E-state index is -0.211. The molecule has 3 heteroatoms. The Hall–Kier alpha value is 0.470. The maximum Gasteiger partial charge on any atom is 0.302 e. The smallest absolute Gasteiger partial charge is 0.302 e. The molecule has 0 atom stereocenters. The molecule has 0 saturated heterocycles. The summed E-state index contributed by atoms with van der Waals surface area (Å²) in [6, 6.07) is 0. The van der Waals surface area contributed by atoms with E-state index >= 15 is 0 Å². The van der Waals surface area contributed by atoms with Crippen LogP contribution in [0.1, 0.15) is 13.8 Å². The van der Waals surface area contributed by atoms with Gasteiger partial charge in [-0.05, 0) is 6.92 Å². The maximum absolute atomic E-state index is 9.82. The second-order valence-corrected chi connectivity index (χ2v) is 0.925. The molecule has 0 aliphatic carbocycles. The maximum atomic E-state index is 9.82. The Balaban J connectivity index is 0. The Kier molecular flexibility index (Phi) is 9.66. The van der Waals surface area contributed by atoms with Crippen LogP contribution in [-0.4, -0.2) is 42.1 Å². The average Bonchev–Trinajstić information content (AvgIpc) is 1.35. The first kappa shape index (κ1) is 10.5. The normalized spacial score (nSPS) is 6.57. The van der Waals surface area contributed by atoms with Gasteiger partial charge in [0.2, 0.25) is 0 Å². The van der Waals surface area contributed by atoms with E-state index < -0.39 is 0 Å². The monoisotopic (exact) mass is 111 g/mol. The van der Waals surface area contributed by atoms with Gasteiger partial charge in [-0.2, -0.15) is 0 Å². The molecule has 37 valence electrons. The summed E-state index contributed by atoms with van der Waals surface area (Å²) in [6.45, 7) is 3.65. The summed E-state index contributed by atoms with van der Waals surface area (Å²) in [4.78, 5) is 9.82. The Morgan fingerprint density at radius 1 is 1.71 bits per heavy atom. The van der Waals surface area contributed by atoms with Crippen molar-refractivity contribution in [1.29, 1.82) is 0 Å². The third-order valence-electron chi connectivity index (χ3n) is 0.348. The van der Waals surface area contributed by atoms with E-state index in [1.807, 2.05) is 0 Å². The number of hydrogen-bond donors (Lipinski definition) is 0. The zero-order chi connectivity index (χ0) is 4.99. The summed E-state index contributed by atoms with van der Waals surface area (Å²) >= 11 is 0. The fourth-order valence-electron chi connectivity index (χ4n) is 0.203. The third-order valence-corrected chi connectivity index (χ3v) is 0.348. The van der Waals surface area contributed by atoms with Gasteiger partial charge in [-0.25, -0.2) is 0 Å². The van der Waals surface area contributed by atoms with Gasteiger partial charge in [0, 0.05) is 36.5 Å². The summed E-state index contributed by atoms with van der Waals surface area (Å²) in [7, 11) is 0. The van der Waals surface area contributed by atoms with Crippen LogP contribution in [-0.2, 0) is 9.53 Å². The fraction of sp³-hybridized carbons (Fsp3) is 0.750. The van der Waals surface area contributed by atoms with E-state index in [0.29, 0.717) is 6.61 Å². The van der Waals surface area contributed by atoms with Gasteiger partial charge >= 0.3 is 5.97 Å². The number of hydrogen-bond acceptors (Lipinski definition) is 2. The minimum absolute atomic E-state index is 0. The Labute approximate surface area is 65.5 Å². The van der Waals surface area contributed by atoms with Gasteiger partial charge in [0.05, 0.1) is 6.61 Å². The van der Waals surface area contributed by atoms with E-state index in [2.05, 4.69) is 4.74 Å². The molecule has 0 heterocycles. The number of rotatable bonds is 1. The van der Waals surface area contributed by atoms with Crippen molar-refractivity contribution in [1.82, 2.24) is 0 Å². The van der Waals surface area contributed by atoms with Crippen molar-refractivity contribution in [3.05, 3.63) is 0 Å². The van der Waals surface area contributed by atoms with Gasteiger partial charge in [-0.3, -0.25) is 4.79 Å². The molecule has 0 saturated carbocycles. The Morgan fingerprint density at radius 3 is 2.14 bits per heavy atom. The molecule has 0 spiro atoms. The number of carbonyl (C=O) groups is 1. The van der Waals surface area contributed by atoms with Gasteiger partial charge in [0.1, 0.15) is 0 Å². The Bertz CT molecular complexity index is 53.7. The van der Waals surface area contributed by atoms with Gasteiger partial charge in [0.25, 0.3) is 0 Å². The predicted molar refractivity (Wildman–Crippen MR) is 28.1 cm³/mol. The van der Waals surface area contributed by atoms with Crippen LogP contribution < -0.4 is 0 Å². The van der Waals surface area contributed by atoms with Crippen LogP contribution in [0.5, 0.6) is 0 Å². The molecule has 0 unspecified atom stereocenters. The molecule has 2 nitrogen and oxygen atoms in total. The van der Waals surface area contributed by atoms with Gasteiger partial charge in [-0.1, -0.05) is 0 Å².